The van der Waals surface area contributed by atoms with Gasteiger partial charge in [-0.3, -0.25) is 0 Å². The van der Waals surface area contributed by atoms with Crippen LogP contribution in [0.4, 0.5) is 4.39 Å². The first kappa shape index (κ1) is 16.0. The molecule has 0 saturated heterocycles. The van der Waals surface area contributed by atoms with Gasteiger partial charge in [-0.25, -0.2) is 9.18 Å². The van der Waals surface area contributed by atoms with E-state index in [1.807, 2.05) is 30.3 Å². The number of ether oxygens (including phenoxy) is 1. The van der Waals surface area contributed by atoms with Crippen molar-refractivity contribution < 1.29 is 13.9 Å². The minimum atomic E-state index is -2.11. The molecule has 0 aromatic heterocycles. The molecule has 21 heavy (non-hydrogen) atoms. The van der Waals surface area contributed by atoms with Gasteiger partial charge in [-0.05, 0) is 45.1 Å². The van der Waals surface area contributed by atoms with Crippen LogP contribution < -0.4 is 5.73 Å². The Kier molecular flexibility index (Phi) is 4.38. The minimum Gasteiger partial charge on any atom is -0.458 e. The molecule has 4 heteroatoms. The van der Waals surface area contributed by atoms with Gasteiger partial charge in [0, 0.05) is 12.5 Å². The topological polar surface area (TPSA) is 52.3 Å². The van der Waals surface area contributed by atoms with Crippen LogP contribution in [0.5, 0.6) is 0 Å². The molecule has 116 valence electrons. The first-order valence-electron chi connectivity index (χ1n) is 7.45. The molecule has 1 fully saturated rings. The Labute approximate surface area is 125 Å². The Balaban J connectivity index is 2.19. The number of carbonyl (C=O) groups excluding carboxylic acids is 1. The maximum atomic E-state index is 15.2. The smallest absolute Gasteiger partial charge is 0.346 e. The minimum absolute atomic E-state index is 0.00326. The fourth-order valence-electron chi connectivity index (χ4n) is 2.83. The average Bonchev–Trinajstić information content (AvgIpc) is 2.41. The van der Waals surface area contributed by atoms with Crippen molar-refractivity contribution in [2.75, 3.05) is 0 Å². The van der Waals surface area contributed by atoms with Crippen molar-refractivity contribution in [3.63, 3.8) is 0 Å². The molecule has 3 unspecified atom stereocenters. The van der Waals surface area contributed by atoms with Gasteiger partial charge >= 0.3 is 5.97 Å². The molecule has 1 saturated carbocycles. The standard InChI is InChI=1S/C17H24FNO2/c1-16(2,3)21-15(20)17(18)11-13(9-10-14(17)19)12-7-5-4-6-8-12/h4-8,13-14H,9-11,19H2,1-3H3. The Morgan fingerprint density at radius 3 is 2.48 bits per heavy atom. The number of esters is 1. The molecule has 0 aliphatic heterocycles. The summed E-state index contributed by atoms with van der Waals surface area (Å²) in [6.45, 7) is 5.20. The van der Waals surface area contributed by atoms with Gasteiger partial charge in [0.15, 0.2) is 0 Å². The van der Waals surface area contributed by atoms with E-state index in [0.29, 0.717) is 6.42 Å². The first-order chi connectivity index (χ1) is 9.72. The maximum Gasteiger partial charge on any atom is 0.346 e. The Bertz CT molecular complexity index is 497. The Hall–Kier alpha value is -1.42. The van der Waals surface area contributed by atoms with E-state index in [1.54, 1.807) is 20.8 Å². The summed E-state index contributed by atoms with van der Waals surface area (Å²) in [4.78, 5) is 12.2. The predicted octanol–water partition coefficient (Wildman–Crippen LogP) is 3.33. The lowest BCUT2D eigenvalue weighted by molar-refractivity contribution is -0.173. The van der Waals surface area contributed by atoms with Crippen molar-refractivity contribution in [1.29, 1.82) is 0 Å². The number of carbonyl (C=O) groups is 1. The van der Waals surface area contributed by atoms with E-state index < -0.39 is 23.3 Å². The molecule has 3 nitrogen and oxygen atoms in total. The fourth-order valence-corrected chi connectivity index (χ4v) is 2.83. The van der Waals surface area contributed by atoms with Crippen molar-refractivity contribution in [3.05, 3.63) is 35.9 Å². The highest BCUT2D eigenvalue weighted by molar-refractivity contribution is 5.81. The molecule has 1 aliphatic rings. The molecule has 2 N–H and O–H groups in total. The third-order valence-corrected chi connectivity index (χ3v) is 3.97. The van der Waals surface area contributed by atoms with E-state index >= 15 is 4.39 Å². The number of hydrogen-bond donors (Lipinski definition) is 1. The number of hydrogen-bond acceptors (Lipinski definition) is 3. The van der Waals surface area contributed by atoms with Crippen molar-refractivity contribution in [1.82, 2.24) is 0 Å². The molecule has 2 rings (SSSR count). The monoisotopic (exact) mass is 293 g/mol. The lowest BCUT2D eigenvalue weighted by atomic mass is 9.73. The van der Waals surface area contributed by atoms with Gasteiger partial charge in [-0.1, -0.05) is 30.3 Å². The summed E-state index contributed by atoms with van der Waals surface area (Å²) in [7, 11) is 0. The van der Waals surface area contributed by atoms with Crippen LogP contribution in [-0.2, 0) is 9.53 Å². The Morgan fingerprint density at radius 1 is 1.29 bits per heavy atom. The van der Waals surface area contributed by atoms with Crippen LogP contribution in [0.1, 0.15) is 51.5 Å². The summed E-state index contributed by atoms with van der Waals surface area (Å²) in [5.74, 6) is -0.827. The highest BCUT2D eigenvalue weighted by atomic mass is 19.1. The number of rotatable bonds is 2. The largest absolute Gasteiger partial charge is 0.458 e. The number of benzene rings is 1. The van der Waals surface area contributed by atoms with Crippen LogP contribution in [0.3, 0.4) is 0 Å². The lowest BCUT2D eigenvalue weighted by Crippen LogP contribution is -2.55. The van der Waals surface area contributed by atoms with Gasteiger partial charge in [0.25, 0.3) is 0 Å². The van der Waals surface area contributed by atoms with Gasteiger partial charge in [-0.15, -0.1) is 0 Å². The molecule has 1 aliphatic carbocycles. The summed E-state index contributed by atoms with van der Waals surface area (Å²) in [5, 5.41) is 0. The zero-order valence-corrected chi connectivity index (χ0v) is 12.9. The van der Waals surface area contributed by atoms with Crippen molar-refractivity contribution in [3.8, 4) is 0 Å². The zero-order valence-electron chi connectivity index (χ0n) is 12.9. The van der Waals surface area contributed by atoms with Crippen LogP contribution in [0, 0.1) is 0 Å². The summed E-state index contributed by atoms with van der Waals surface area (Å²) in [6, 6.07) is 8.92. The SMILES string of the molecule is CC(C)(C)OC(=O)C1(F)CC(c2ccccc2)CCC1N. The Morgan fingerprint density at radius 2 is 1.90 bits per heavy atom. The van der Waals surface area contributed by atoms with E-state index in [-0.39, 0.29) is 12.3 Å². The lowest BCUT2D eigenvalue weighted by Gasteiger charge is -2.39. The van der Waals surface area contributed by atoms with Crippen LogP contribution in [-0.4, -0.2) is 23.3 Å². The molecular weight excluding hydrogens is 269 g/mol. The second-order valence-corrected chi connectivity index (χ2v) is 6.86. The number of alkyl halides is 1. The molecular formula is C17H24FNO2. The van der Waals surface area contributed by atoms with E-state index in [9.17, 15) is 4.79 Å². The van der Waals surface area contributed by atoms with E-state index in [0.717, 1.165) is 12.0 Å². The summed E-state index contributed by atoms with van der Waals surface area (Å²) in [6.07, 6.45) is 1.36. The van der Waals surface area contributed by atoms with Crippen molar-refractivity contribution in [2.24, 2.45) is 5.73 Å². The highest BCUT2D eigenvalue weighted by Gasteiger charge is 2.51. The third-order valence-electron chi connectivity index (χ3n) is 3.97. The quantitative estimate of drug-likeness (QED) is 0.851. The normalized spacial score (nSPS) is 30.0. The molecule has 0 heterocycles. The second-order valence-electron chi connectivity index (χ2n) is 6.86. The zero-order chi connectivity index (χ0) is 15.7. The van der Waals surface area contributed by atoms with E-state index in [1.165, 1.54) is 0 Å². The predicted molar refractivity (Wildman–Crippen MR) is 80.7 cm³/mol. The van der Waals surface area contributed by atoms with Crippen molar-refractivity contribution in [2.45, 2.75) is 63.3 Å². The van der Waals surface area contributed by atoms with E-state index in [4.69, 9.17) is 10.5 Å². The molecule has 0 radical (unpaired) electrons. The molecule has 1 aromatic rings. The average molecular weight is 293 g/mol. The summed E-state index contributed by atoms with van der Waals surface area (Å²) in [5.41, 5.74) is 4.13. The highest BCUT2D eigenvalue weighted by Crippen LogP contribution is 2.41. The van der Waals surface area contributed by atoms with E-state index in [2.05, 4.69) is 0 Å². The van der Waals surface area contributed by atoms with Crippen LogP contribution in [0.15, 0.2) is 30.3 Å². The van der Waals surface area contributed by atoms with Gasteiger partial charge < -0.3 is 10.5 Å². The van der Waals surface area contributed by atoms with Gasteiger partial charge in [0.05, 0.1) is 0 Å². The van der Waals surface area contributed by atoms with Crippen LogP contribution in [0.25, 0.3) is 0 Å². The number of nitrogens with two attached hydrogens (primary N) is 1. The van der Waals surface area contributed by atoms with Crippen LogP contribution >= 0.6 is 0 Å². The molecule has 0 bridgehead atoms. The second kappa shape index (κ2) is 5.76. The molecule has 0 amide bonds. The fraction of sp³-hybridized carbons (Fsp3) is 0.588. The first-order valence-corrected chi connectivity index (χ1v) is 7.45. The van der Waals surface area contributed by atoms with Crippen molar-refractivity contribution >= 4 is 5.97 Å². The third kappa shape index (κ3) is 3.62. The molecule has 1 aromatic carbocycles. The van der Waals surface area contributed by atoms with Gasteiger partial charge in [-0.2, -0.15) is 0 Å². The maximum absolute atomic E-state index is 15.2. The van der Waals surface area contributed by atoms with Gasteiger partial charge in [0.1, 0.15) is 5.60 Å². The molecule has 0 spiro atoms. The number of halogens is 1. The van der Waals surface area contributed by atoms with Gasteiger partial charge in [0.2, 0.25) is 5.67 Å². The van der Waals surface area contributed by atoms with Crippen LogP contribution in [0.2, 0.25) is 0 Å². The summed E-state index contributed by atoms with van der Waals surface area (Å²) >= 11 is 0. The summed E-state index contributed by atoms with van der Waals surface area (Å²) < 4.78 is 20.5. The molecule has 3 atom stereocenters.